The van der Waals surface area contributed by atoms with Crippen molar-refractivity contribution in [1.29, 1.82) is 0 Å². The van der Waals surface area contributed by atoms with E-state index in [9.17, 15) is 0 Å². The summed E-state index contributed by atoms with van der Waals surface area (Å²) < 4.78 is 2.13. The van der Waals surface area contributed by atoms with Gasteiger partial charge in [0.05, 0.1) is 11.0 Å². The summed E-state index contributed by atoms with van der Waals surface area (Å²) in [6.07, 6.45) is 7.28. The maximum atomic E-state index is 4.91. The molecule has 33 heavy (non-hydrogen) atoms. The second-order valence-corrected chi connectivity index (χ2v) is 8.02. The Balaban J connectivity index is 1.63. The van der Waals surface area contributed by atoms with Gasteiger partial charge in [0.15, 0.2) is 5.82 Å². The molecule has 0 atom stereocenters. The third kappa shape index (κ3) is 3.85. The van der Waals surface area contributed by atoms with Crippen LogP contribution in [0.1, 0.15) is 31.7 Å². The monoisotopic (exact) mass is 430 g/mol. The summed E-state index contributed by atoms with van der Waals surface area (Å²) in [5.74, 6) is 2.02. The van der Waals surface area contributed by atoms with Gasteiger partial charge in [-0.05, 0) is 43.5 Å². The van der Waals surface area contributed by atoms with Crippen LogP contribution in [-0.4, -0.2) is 19.5 Å². The molecule has 0 amide bonds. The molecule has 0 spiro atoms. The number of hydrogen-bond acceptors (Lipinski definition) is 3. The highest BCUT2D eigenvalue weighted by molar-refractivity contribution is 6.08. The molecule has 0 saturated heterocycles. The first-order valence-electron chi connectivity index (χ1n) is 11.3. The van der Waals surface area contributed by atoms with Gasteiger partial charge in [-0.2, -0.15) is 9.97 Å². The maximum absolute atomic E-state index is 4.91. The van der Waals surface area contributed by atoms with Crippen LogP contribution in [-0.2, 0) is 0 Å². The zero-order valence-corrected chi connectivity index (χ0v) is 19.2. The van der Waals surface area contributed by atoms with Crippen molar-refractivity contribution in [3.63, 3.8) is 0 Å². The van der Waals surface area contributed by atoms with Crippen LogP contribution in [0, 0.1) is 6.92 Å². The standard InChI is InChI=1S/C29H26N4/c1-4-6-11-21(5-2)22-16-18-23(19-17-22)28-30-20(3)31-29(32-28)33-26-14-9-7-12-24(26)25-13-8-10-15-27(25)33/h4,6-19H,5H2,1-3H3/b6-4-,21-11+. The molecule has 4 nitrogen and oxygen atoms in total. The third-order valence-corrected chi connectivity index (χ3v) is 5.90. The van der Waals surface area contributed by atoms with E-state index in [2.05, 4.69) is 101 Å². The van der Waals surface area contributed by atoms with E-state index in [0.29, 0.717) is 17.6 Å². The summed E-state index contributed by atoms with van der Waals surface area (Å²) in [4.78, 5) is 14.3. The molecular formula is C29H26N4. The van der Waals surface area contributed by atoms with Gasteiger partial charge >= 0.3 is 0 Å². The van der Waals surface area contributed by atoms with Gasteiger partial charge in [0.2, 0.25) is 5.95 Å². The second kappa shape index (κ2) is 8.83. The molecule has 5 aromatic rings. The number of hydrogen-bond donors (Lipinski definition) is 0. The first-order valence-corrected chi connectivity index (χ1v) is 11.3. The summed E-state index contributed by atoms with van der Waals surface area (Å²) >= 11 is 0. The van der Waals surface area contributed by atoms with Gasteiger partial charge in [0, 0.05) is 16.3 Å². The summed E-state index contributed by atoms with van der Waals surface area (Å²) in [6, 6.07) is 25.3. The number of aryl methyl sites for hydroxylation is 1. The molecule has 4 heteroatoms. The number of nitrogens with zero attached hydrogens (tertiary/aromatic N) is 4. The van der Waals surface area contributed by atoms with Gasteiger partial charge in [0.1, 0.15) is 5.82 Å². The lowest BCUT2D eigenvalue weighted by molar-refractivity contribution is 0.907. The number of para-hydroxylation sites is 2. The molecule has 0 radical (unpaired) electrons. The molecule has 2 aromatic heterocycles. The Labute approximate surface area is 194 Å². The Morgan fingerprint density at radius 3 is 2.06 bits per heavy atom. The van der Waals surface area contributed by atoms with Crippen LogP contribution in [0.4, 0.5) is 0 Å². The van der Waals surface area contributed by atoms with E-state index in [4.69, 9.17) is 9.97 Å². The number of aromatic nitrogens is 4. The predicted molar refractivity (Wildman–Crippen MR) is 137 cm³/mol. The molecule has 3 aromatic carbocycles. The van der Waals surface area contributed by atoms with Crippen LogP contribution in [0.5, 0.6) is 0 Å². The Bertz CT molecular complexity index is 1450. The van der Waals surface area contributed by atoms with Crippen molar-refractivity contribution in [3.8, 4) is 17.3 Å². The van der Waals surface area contributed by atoms with E-state index in [1.165, 1.54) is 21.9 Å². The van der Waals surface area contributed by atoms with Gasteiger partial charge in [0.25, 0.3) is 0 Å². The Morgan fingerprint density at radius 2 is 1.45 bits per heavy atom. The summed E-state index contributed by atoms with van der Waals surface area (Å²) in [6.45, 7) is 6.13. The molecule has 0 unspecified atom stereocenters. The van der Waals surface area contributed by atoms with Crippen molar-refractivity contribution in [2.75, 3.05) is 0 Å². The lowest BCUT2D eigenvalue weighted by Crippen LogP contribution is -2.06. The Morgan fingerprint density at radius 1 is 0.818 bits per heavy atom. The van der Waals surface area contributed by atoms with Crippen molar-refractivity contribution in [2.24, 2.45) is 0 Å². The van der Waals surface area contributed by atoms with E-state index in [-0.39, 0.29) is 0 Å². The van der Waals surface area contributed by atoms with Crippen molar-refractivity contribution in [1.82, 2.24) is 19.5 Å². The highest BCUT2D eigenvalue weighted by Crippen LogP contribution is 2.31. The third-order valence-electron chi connectivity index (χ3n) is 5.90. The maximum Gasteiger partial charge on any atom is 0.238 e. The number of fused-ring (bicyclic) bond motifs is 3. The van der Waals surface area contributed by atoms with Crippen LogP contribution in [0.2, 0.25) is 0 Å². The summed E-state index contributed by atoms with van der Waals surface area (Å²) in [7, 11) is 0. The van der Waals surface area contributed by atoms with Gasteiger partial charge in [-0.25, -0.2) is 4.98 Å². The van der Waals surface area contributed by atoms with E-state index >= 15 is 0 Å². The van der Waals surface area contributed by atoms with Crippen molar-refractivity contribution in [3.05, 3.63) is 102 Å². The van der Waals surface area contributed by atoms with E-state index in [0.717, 1.165) is 23.0 Å². The highest BCUT2D eigenvalue weighted by atomic mass is 15.2. The number of rotatable bonds is 5. The van der Waals surface area contributed by atoms with Gasteiger partial charge in [-0.3, -0.25) is 4.57 Å². The van der Waals surface area contributed by atoms with Crippen molar-refractivity contribution in [2.45, 2.75) is 27.2 Å². The van der Waals surface area contributed by atoms with Crippen LogP contribution in [0.15, 0.2) is 91.0 Å². The summed E-state index contributed by atoms with van der Waals surface area (Å²) in [5.41, 5.74) is 5.68. The fraction of sp³-hybridized carbons (Fsp3) is 0.138. The van der Waals surface area contributed by atoms with Crippen LogP contribution in [0.25, 0.3) is 44.7 Å². The lowest BCUT2D eigenvalue weighted by atomic mass is 10.0. The fourth-order valence-corrected chi connectivity index (χ4v) is 4.30. The molecule has 0 aliphatic carbocycles. The molecule has 5 rings (SSSR count). The molecule has 0 aliphatic rings. The molecule has 0 fully saturated rings. The zero-order chi connectivity index (χ0) is 22.8. The van der Waals surface area contributed by atoms with Crippen LogP contribution >= 0.6 is 0 Å². The molecule has 0 N–H and O–H groups in total. The van der Waals surface area contributed by atoms with Crippen LogP contribution in [0.3, 0.4) is 0 Å². The van der Waals surface area contributed by atoms with E-state index in [1.807, 2.05) is 19.9 Å². The average Bonchev–Trinajstić information content (AvgIpc) is 3.19. The topological polar surface area (TPSA) is 43.6 Å². The van der Waals surface area contributed by atoms with Crippen molar-refractivity contribution >= 4 is 27.4 Å². The minimum Gasteiger partial charge on any atom is -0.278 e. The lowest BCUT2D eigenvalue weighted by Gasteiger charge is -2.10. The predicted octanol–water partition coefficient (Wildman–Crippen LogP) is 7.31. The average molecular weight is 431 g/mol. The normalized spacial score (nSPS) is 12.3. The molecule has 0 bridgehead atoms. The van der Waals surface area contributed by atoms with Crippen molar-refractivity contribution < 1.29 is 0 Å². The quantitative estimate of drug-likeness (QED) is 0.275. The summed E-state index contributed by atoms with van der Waals surface area (Å²) in [5, 5.41) is 2.38. The molecule has 0 saturated carbocycles. The first kappa shape index (κ1) is 20.8. The second-order valence-electron chi connectivity index (χ2n) is 8.02. The van der Waals surface area contributed by atoms with Gasteiger partial charge in [-0.1, -0.05) is 85.8 Å². The Kier molecular flexibility index (Phi) is 5.57. The zero-order valence-electron chi connectivity index (χ0n) is 19.2. The van der Waals surface area contributed by atoms with E-state index < -0.39 is 0 Å². The molecular weight excluding hydrogens is 404 g/mol. The van der Waals surface area contributed by atoms with E-state index in [1.54, 1.807) is 0 Å². The fourth-order valence-electron chi connectivity index (χ4n) is 4.30. The highest BCUT2D eigenvalue weighted by Gasteiger charge is 2.15. The largest absolute Gasteiger partial charge is 0.278 e. The number of allylic oxidation sites excluding steroid dienone is 4. The SMILES string of the molecule is C/C=C\C=C(/CC)c1ccc(-c2nc(C)nc(-n3c4ccccc4c4ccccc43)n2)cc1. The molecule has 0 aliphatic heterocycles. The molecule has 2 heterocycles. The minimum absolute atomic E-state index is 0.640. The van der Waals surface area contributed by atoms with Gasteiger partial charge in [-0.15, -0.1) is 0 Å². The van der Waals surface area contributed by atoms with Crippen LogP contribution < -0.4 is 0 Å². The molecule has 162 valence electrons. The van der Waals surface area contributed by atoms with Gasteiger partial charge < -0.3 is 0 Å². The Hall–Kier alpha value is -4.05. The first-order chi connectivity index (χ1) is 16.2. The number of benzene rings is 3. The minimum atomic E-state index is 0.640. The smallest absolute Gasteiger partial charge is 0.238 e.